The molecule has 1 unspecified atom stereocenters. The summed E-state index contributed by atoms with van der Waals surface area (Å²) in [6.45, 7) is 4.18. The smallest absolute Gasteiger partial charge is 0.275 e. The molecule has 0 radical (unpaired) electrons. The Morgan fingerprint density at radius 2 is 2.30 bits per heavy atom. The van der Waals surface area contributed by atoms with Crippen LogP contribution in [0.5, 0.6) is 5.75 Å². The van der Waals surface area contributed by atoms with E-state index in [1.807, 2.05) is 20.0 Å². The molecule has 1 aromatic rings. The third-order valence-corrected chi connectivity index (χ3v) is 3.55. The standard InChI is InChI=1S/C14H21N3O3/c1-3-20-14-8-12(7-13(9-14)17(18)19)16-6-4-5-11(16)10-15-2/h7-9,11,15H,3-6,10H2,1-2H3. The van der Waals surface area contributed by atoms with E-state index in [9.17, 15) is 10.1 Å². The second-order valence-electron chi connectivity index (χ2n) is 4.92. The minimum absolute atomic E-state index is 0.0843. The molecule has 110 valence electrons. The van der Waals surface area contributed by atoms with Crippen LogP contribution in [0.25, 0.3) is 0 Å². The van der Waals surface area contributed by atoms with Crippen molar-refractivity contribution in [1.29, 1.82) is 0 Å². The predicted molar refractivity (Wildman–Crippen MR) is 78.6 cm³/mol. The van der Waals surface area contributed by atoms with Gasteiger partial charge in [0.25, 0.3) is 5.69 Å². The molecule has 1 saturated heterocycles. The van der Waals surface area contributed by atoms with Gasteiger partial charge in [0, 0.05) is 37.0 Å². The molecule has 1 fully saturated rings. The molecule has 2 rings (SSSR count). The SMILES string of the molecule is CCOc1cc(N2CCCC2CNC)cc([N+](=O)[O-])c1. The van der Waals surface area contributed by atoms with Crippen LogP contribution in [0.15, 0.2) is 18.2 Å². The van der Waals surface area contributed by atoms with Crippen LogP contribution in [0.1, 0.15) is 19.8 Å². The van der Waals surface area contributed by atoms with E-state index in [-0.39, 0.29) is 10.6 Å². The first-order valence-corrected chi connectivity index (χ1v) is 6.99. The molecule has 1 atom stereocenters. The zero-order chi connectivity index (χ0) is 14.5. The summed E-state index contributed by atoms with van der Waals surface area (Å²) < 4.78 is 5.45. The Kier molecular flexibility index (Phi) is 4.79. The van der Waals surface area contributed by atoms with E-state index in [4.69, 9.17) is 4.74 Å². The van der Waals surface area contributed by atoms with E-state index in [0.717, 1.165) is 31.6 Å². The third kappa shape index (κ3) is 3.19. The second-order valence-corrected chi connectivity index (χ2v) is 4.92. The summed E-state index contributed by atoms with van der Waals surface area (Å²) in [7, 11) is 1.93. The van der Waals surface area contributed by atoms with Crippen LogP contribution in [0.3, 0.4) is 0 Å². The summed E-state index contributed by atoms with van der Waals surface area (Å²) in [6.07, 6.45) is 2.21. The van der Waals surface area contributed by atoms with Crippen LogP contribution < -0.4 is 15.0 Å². The Balaban J connectivity index is 2.31. The van der Waals surface area contributed by atoms with Crippen LogP contribution in [-0.2, 0) is 0 Å². The Bertz CT molecular complexity index is 479. The number of hydrogen-bond acceptors (Lipinski definition) is 5. The van der Waals surface area contributed by atoms with Gasteiger partial charge in [-0.15, -0.1) is 0 Å². The maximum Gasteiger partial charge on any atom is 0.275 e. The summed E-state index contributed by atoms with van der Waals surface area (Å²) in [5.41, 5.74) is 0.960. The van der Waals surface area contributed by atoms with Crippen molar-refractivity contribution >= 4 is 11.4 Å². The lowest BCUT2D eigenvalue weighted by molar-refractivity contribution is -0.384. The van der Waals surface area contributed by atoms with Gasteiger partial charge in [0.15, 0.2) is 0 Å². The van der Waals surface area contributed by atoms with Gasteiger partial charge in [-0.25, -0.2) is 0 Å². The summed E-state index contributed by atoms with van der Waals surface area (Å²) in [5, 5.41) is 14.2. The van der Waals surface area contributed by atoms with E-state index >= 15 is 0 Å². The highest BCUT2D eigenvalue weighted by atomic mass is 16.6. The topological polar surface area (TPSA) is 67.6 Å². The lowest BCUT2D eigenvalue weighted by atomic mass is 10.2. The number of benzene rings is 1. The van der Waals surface area contributed by atoms with E-state index in [1.54, 1.807) is 6.07 Å². The zero-order valence-corrected chi connectivity index (χ0v) is 12.0. The van der Waals surface area contributed by atoms with Crippen molar-refractivity contribution < 1.29 is 9.66 Å². The molecule has 1 aliphatic heterocycles. The highest BCUT2D eigenvalue weighted by Crippen LogP contribution is 2.32. The quantitative estimate of drug-likeness (QED) is 0.638. The van der Waals surface area contributed by atoms with Crippen molar-refractivity contribution in [2.45, 2.75) is 25.8 Å². The second kappa shape index (κ2) is 6.56. The largest absolute Gasteiger partial charge is 0.494 e. The maximum absolute atomic E-state index is 11.1. The first-order valence-electron chi connectivity index (χ1n) is 6.99. The van der Waals surface area contributed by atoms with Crippen molar-refractivity contribution in [1.82, 2.24) is 5.32 Å². The van der Waals surface area contributed by atoms with Gasteiger partial charge in [0.2, 0.25) is 0 Å². The summed E-state index contributed by atoms with van der Waals surface area (Å²) in [5.74, 6) is 0.562. The van der Waals surface area contributed by atoms with Crippen molar-refractivity contribution in [2.75, 3.05) is 31.6 Å². The number of nitrogens with zero attached hydrogens (tertiary/aromatic N) is 2. The Hall–Kier alpha value is -1.82. The predicted octanol–water partition coefficient (Wildman–Crippen LogP) is 2.18. The maximum atomic E-state index is 11.1. The number of rotatable bonds is 6. The number of ether oxygens (including phenoxy) is 1. The normalized spacial score (nSPS) is 18.3. The number of likely N-dealkylation sites (N-methyl/N-ethyl adjacent to an activating group) is 1. The van der Waals surface area contributed by atoms with Crippen molar-refractivity contribution in [3.05, 3.63) is 28.3 Å². The van der Waals surface area contributed by atoms with Crippen molar-refractivity contribution in [3.8, 4) is 5.75 Å². The number of nitro benzene ring substituents is 1. The molecule has 0 saturated carbocycles. The minimum atomic E-state index is -0.366. The fraction of sp³-hybridized carbons (Fsp3) is 0.571. The van der Waals surface area contributed by atoms with Crippen LogP contribution in [-0.4, -0.2) is 37.7 Å². The lowest BCUT2D eigenvalue weighted by Crippen LogP contribution is -2.36. The van der Waals surface area contributed by atoms with Crippen LogP contribution in [0.4, 0.5) is 11.4 Å². The van der Waals surface area contributed by atoms with Gasteiger partial charge in [-0.05, 0) is 26.8 Å². The molecular weight excluding hydrogens is 258 g/mol. The monoisotopic (exact) mass is 279 g/mol. The lowest BCUT2D eigenvalue weighted by Gasteiger charge is -2.27. The third-order valence-electron chi connectivity index (χ3n) is 3.55. The fourth-order valence-corrected chi connectivity index (χ4v) is 2.71. The highest BCUT2D eigenvalue weighted by Gasteiger charge is 2.26. The van der Waals surface area contributed by atoms with Crippen LogP contribution >= 0.6 is 0 Å². The van der Waals surface area contributed by atoms with Crippen molar-refractivity contribution in [3.63, 3.8) is 0 Å². The average Bonchev–Trinajstić information content (AvgIpc) is 2.87. The number of non-ortho nitro benzene ring substituents is 1. The molecule has 20 heavy (non-hydrogen) atoms. The molecule has 6 heteroatoms. The van der Waals surface area contributed by atoms with E-state index in [2.05, 4.69) is 10.2 Å². The van der Waals surface area contributed by atoms with Gasteiger partial charge in [-0.1, -0.05) is 0 Å². The molecule has 0 aliphatic carbocycles. The molecule has 0 bridgehead atoms. The van der Waals surface area contributed by atoms with E-state index in [1.165, 1.54) is 6.07 Å². The first-order chi connectivity index (χ1) is 9.65. The highest BCUT2D eigenvalue weighted by molar-refractivity contribution is 5.59. The zero-order valence-electron chi connectivity index (χ0n) is 12.0. The Morgan fingerprint density at radius 3 is 2.95 bits per heavy atom. The molecule has 1 aliphatic rings. The molecular formula is C14H21N3O3. The molecule has 1 aromatic carbocycles. The number of hydrogen-bond donors (Lipinski definition) is 1. The summed E-state index contributed by atoms with van der Waals surface area (Å²) in [6, 6.07) is 5.40. The molecule has 6 nitrogen and oxygen atoms in total. The van der Waals surface area contributed by atoms with Gasteiger partial charge in [0.1, 0.15) is 5.75 Å². The molecule has 0 amide bonds. The Labute approximate surface area is 118 Å². The molecule has 0 spiro atoms. The van der Waals surface area contributed by atoms with Crippen molar-refractivity contribution in [2.24, 2.45) is 0 Å². The van der Waals surface area contributed by atoms with E-state index < -0.39 is 0 Å². The summed E-state index contributed by atoms with van der Waals surface area (Å²) in [4.78, 5) is 12.9. The van der Waals surface area contributed by atoms with Crippen LogP contribution in [0, 0.1) is 10.1 Å². The molecule has 0 aromatic heterocycles. The molecule has 1 N–H and O–H groups in total. The number of anilines is 1. The Morgan fingerprint density at radius 1 is 1.50 bits per heavy atom. The van der Waals surface area contributed by atoms with Gasteiger partial charge in [0.05, 0.1) is 17.6 Å². The van der Waals surface area contributed by atoms with E-state index in [0.29, 0.717) is 18.4 Å². The minimum Gasteiger partial charge on any atom is -0.494 e. The number of nitrogens with one attached hydrogen (secondary N) is 1. The fourth-order valence-electron chi connectivity index (χ4n) is 2.71. The number of nitro groups is 1. The van der Waals surface area contributed by atoms with Crippen LogP contribution in [0.2, 0.25) is 0 Å². The van der Waals surface area contributed by atoms with Gasteiger partial charge in [-0.3, -0.25) is 10.1 Å². The van der Waals surface area contributed by atoms with Gasteiger partial charge < -0.3 is 15.0 Å². The summed E-state index contributed by atoms with van der Waals surface area (Å²) >= 11 is 0. The first kappa shape index (κ1) is 14.6. The van der Waals surface area contributed by atoms with Gasteiger partial charge in [-0.2, -0.15) is 0 Å². The average molecular weight is 279 g/mol. The van der Waals surface area contributed by atoms with Gasteiger partial charge >= 0.3 is 0 Å². The molecule has 1 heterocycles.